The van der Waals surface area contributed by atoms with Gasteiger partial charge in [0.05, 0.1) is 0 Å². The highest BCUT2D eigenvalue weighted by Crippen LogP contribution is 2.26. The molecule has 0 aromatic heterocycles. The van der Waals surface area contributed by atoms with E-state index >= 15 is 0 Å². The zero-order chi connectivity index (χ0) is 30.4. The van der Waals surface area contributed by atoms with E-state index in [9.17, 15) is 19.2 Å². The molecule has 1 aliphatic rings. The minimum atomic E-state index is -1.11. The van der Waals surface area contributed by atoms with Crippen LogP contribution < -0.4 is 16.4 Å². The van der Waals surface area contributed by atoms with Gasteiger partial charge in [0, 0.05) is 24.6 Å². The Labute approximate surface area is 245 Å². The Kier molecular flexibility index (Phi) is 13.7. The summed E-state index contributed by atoms with van der Waals surface area (Å²) >= 11 is 0. The van der Waals surface area contributed by atoms with Crippen LogP contribution in [-0.4, -0.2) is 52.9 Å². The summed E-state index contributed by atoms with van der Waals surface area (Å²) in [6.07, 6.45) is 13.2. The van der Waals surface area contributed by atoms with E-state index in [0.717, 1.165) is 51.4 Å². The molecule has 2 atom stereocenters. The van der Waals surface area contributed by atoms with Crippen LogP contribution in [0, 0.1) is 12.3 Å². The lowest BCUT2D eigenvalue weighted by molar-refractivity contribution is -0.143. The van der Waals surface area contributed by atoms with Gasteiger partial charge in [-0.1, -0.05) is 63.5 Å². The molecule has 0 radical (unpaired) electrons. The maximum atomic E-state index is 14.2. The summed E-state index contributed by atoms with van der Waals surface area (Å²) in [5.74, 6) is 1.24. The second-order valence-electron chi connectivity index (χ2n) is 11.8. The average Bonchev–Trinajstić information content (AvgIpc) is 2.92. The highest BCUT2D eigenvalue weighted by Gasteiger charge is 2.37. The van der Waals surface area contributed by atoms with E-state index < -0.39 is 35.6 Å². The van der Waals surface area contributed by atoms with Gasteiger partial charge in [-0.15, -0.1) is 6.42 Å². The Morgan fingerprint density at radius 3 is 2.29 bits per heavy atom. The minimum Gasteiger partial charge on any atom is -0.444 e. The molecule has 1 aliphatic carbocycles. The van der Waals surface area contributed by atoms with Crippen molar-refractivity contribution >= 4 is 23.8 Å². The monoisotopic (exact) mass is 568 g/mol. The minimum absolute atomic E-state index is 0.0220. The van der Waals surface area contributed by atoms with Crippen molar-refractivity contribution < 1.29 is 23.9 Å². The zero-order valence-corrected chi connectivity index (χ0v) is 25.2. The number of rotatable bonds is 14. The van der Waals surface area contributed by atoms with Gasteiger partial charge in [-0.3, -0.25) is 14.4 Å². The molecule has 1 aromatic carbocycles. The number of alkyl carbamates (subject to hydrolysis) is 1. The number of terminal acetylenes is 1. The number of unbranched alkanes of at least 4 members (excludes halogenated alkanes) is 3. The number of nitrogens with zero attached hydrogens (tertiary/aromatic N) is 1. The standard InChI is InChI=1S/C32H48N4O5/c1-6-8-9-13-22-36(30(39)26(20-21-27(33)37)35-31(40)41-32(3,4)5)28(24-18-16-23(7-2)17-19-24)29(38)34-25-14-11-10-12-15-25/h2,16-19,25-26,28H,6,8-15,20-22H2,1,3-5H3,(H2,33,37)(H,34,38)(H,35,40). The molecule has 2 rings (SSSR count). The number of nitrogens with two attached hydrogens (primary N) is 1. The number of hydrogen-bond donors (Lipinski definition) is 3. The van der Waals surface area contributed by atoms with Crippen molar-refractivity contribution in [1.29, 1.82) is 0 Å². The molecular weight excluding hydrogens is 520 g/mol. The van der Waals surface area contributed by atoms with E-state index in [0.29, 0.717) is 24.1 Å². The second-order valence-corrected chi connectivity index (χ2v) is 11.8. The second kappa shape index (κ2) is 16.7. The lowest BCUT2D eigenvalue weighted by Crippen LogP contribution is -2.54. The third kappa shape index (κ3) is 11.8. The number of primary amides is 1. The van der Waals surface area contributed by atoms with Crippen LogP contribution in [0.2, 0.25) is 0 Å². The molecule has 2 unspecified atom stereocenters. The summed E-state index contributed by atoms with van der Waals surface area (Å²) < 4.78 is 5.40. The number of hydrogen-bond acceptors (Lipinski definition) is 5. The molecule has 0 saturated heterocycles. The number of ether oxygens (including phenoxy) is 1. The van der Waals surface area contributed by atoms with Gasteiger partial charge in [0.15, 0.2) is 0 Å². The van der Waals surface area contributed by atoms with E-state index in [1.807, 2.05) is 0 Å². The van der Waals surface area contributed by atoms with Gasteiger partial charge in [0.25, 0.3) is 0 Å². The number of benzene rings is 1. The average molecular weight is 569 g/mol. The van der Waals surface area contributed by atoms with E-state index in [1.165, 1.54) is 4.90 Å². The smallest absolute Gasteiger partial charge is 0.408 e. The highest BCUT2D eigenvalue weighted by molar-refractivity contribution is 5.92. The van der Waals surface area contributed by atoms with E-state index in [2.05, 4.69) is 23.5 Å². The Morgan fingerprint density at radius 2 is 1.73 bits per heavy atom. The molecule has 9 heteroatoms. The molecule has 0 bridgehead atoms. The van der Waals surface area contributed by atoms with Crippen molar-refractivity contribution in [2.45, 2.75) is 122 Å². The molecule has 226 valence electrons. The van der Waals surface area contributed by atoms with Crippen molar-refractivity contribution in [3.63, 3.8) is 0 Å². The van der Waals surface area contributed by atoms with Crippen molar-refractivity contribution in [2.75, 3.05) is 6.54 Å². The van der Waals surface area contributed by atoms with Crippen molar-refractivity contribution in [3.8, 4) is 12.3 Å². The molecule has 1 saturated carbocycles. The van der Waals surface area contributed by atoms with Crippen LogP contribution in [0.5, 0.6) is 0 Å². The quantitative estimate of drug-likeness (QED) is 0.221. The first-order valence-corrected chi connectivity index (χ1v) is 14.9. The lowest BCUT2D eigenvalue weighted by Gasteiger charge is -2.36. The van der Waals surface area contributed by atoms with Crippen molar-refractivity contribution in [1.82, 2.24) is 15.5 Å². The van der Waals surface area contributed by atoms with Gasteiger partial charge < -0.3 is 26.0 Å². The predicted molar refractivity (Wildman–Crippen MR) is 160 cm³/mol. The first-order chi connectivity index (χ1) is 19.4. The van der Waals surface area contributed by atoms with Crippen LogP contribution >= 0.6 is 0 Å². The summed E-state index contributed by atoms with van der Waals surface area (Å²) in [6.45, 7) is 7.55. The zero-order valence-electron chi connectivity index (χ0n) is 25.2. The Balaban J connectivity index is 2.49. The fourth-order valence-corrected chi connectivity index (χ4v) is 5.03. The van der Waals surface area contributed by atoms with Gasteiger partial charge in [-0.25, -0.2) is 4.79 Å². The molecular formula is C32H48N4O5. The molecule has 0 heterocycles. The number of nitrogens with one attached hydrogen (secondary N) is 2. The summed E-state index contributed by atoms with van der Waals surface area (Å²) in [4.78, 5) is 54.1. The van der Waals surface area contributed by atoms with Crippen LogP contribution in [-0.2, 0) is 19.1 Å². The Morgan fingerprint density at radius 1 is 1.07 bits per heavy atom. The summed E-state index contributed by atoms with van der Waals surface area (Å²) in [5, 5.41) is 5.82. The predicted octanol–water partition coefficient (Wildman–Crippen LogP) is 4.73. The number of carbonyl (C=O) groups is 4. The van der Waals surface area contributed by atoms with Crippen LogP contribution in [0.25, 0.3) is 0 Å². The van der Waals surface area contributed by atoms with Gasteiger partial charge >= 0.3 is 6.09 Å². The first-order valence-electron chi connectivity index (χ1n) is 14.9. The molecule has 0 aliphatic heterocycles. The van der Waals surface area contributed by atoms with Crippen LogP contribution in [0.1, 0.15) is 115 Å². The van der Waals surface area contributed by atoms with Gasteiger partial charge in [0.1, 0.15) is 17.7 Å². The lowest BCUT2D eigenvalue weighted by atomic mass is 9.94. The van der Waals surface area contributed by atoms with Crippen LogP contribution in [0.3, 0.4) is 0 Å². The molecule has 4 N–H and O–H groups in total. The van der Waals surface area contributed by atoms with Gasteiger partial charge in [-0.2, -0.15) is 0 Å². The van der Waals surface area contributed by atoms with Crippen LogP contribution in [0.15, 0.2) is 24.3 Å². The molecule has 41 heavy (non-hydrogen) atoms. The van der Waals surface area contributed by atoms with Gasteiger partial charge in [0.2, 0.25) is 17.7 Å². The number of carbonyl (C=O) groups excluding carboxylic acids is 4. The van der Waals surface area contributed by atoms with Gasteiger partial charge in [-0.05, 0) is 64.2 Å². The summed E-state index contributed by atoms with van der Waals surface area (Å²) in [7, 11) is 0. The molecule has 1 fully saturated rings. The maximum absolute atomic E-state index is 14.2. The summed E-state index contributed by atoms with van der Waals surface area (Å²) in [6, 6.07) is 5.01. The third-order valence-electron chi connectivity index (χ3n) is 7.11. The van der Waals surface area contributed by atoms with Crippen molar-refractivity contribution in [3.05, 3.63) is 35.4 Å². The fraction of sp³-hybridized carbons (Fsp3) is 0.625. The summed E-state index contributed by atoms with van der Waals surface area (Å²) in [5.41, 5.74) is 5.89. The maximum Gasteiger partial charge on any atom is 0.408 e. The number of amides is 4. The van der Waals surface area contributed by atoms with Crippen LogP contribution in [0.4, 0.5) is 4.79 Å². The molecule has 1 aromatic rings. The topological polar surface area (TPSA) is 131 Å². The highest BCUT2D eigenvalue weighted by atomic mass is 16.6. The van der Waals surface area contributed by atoms with E-state index in [1.54, 1.807) is 45.0 Å². The SMILES string of the molecule is C#Cc1ccc(C(C(=O)NC2CCCCC2)N(CCCCCC)C(=O)C(CCC(N)=O)NC(=O)OC(C)(C)C)cc1. The van der Waals surface area contributed by atoms with E-state index in [-0.39, 0.29) is 24.8 Å². The molecule has 0 spiro atoms. The first kappa shape index (κ1) is 33.7. The fourth-order valence-electron chi connectivity index (χ4n) is 5.03. The third-order valence-corrected chi connectivity index (χ3v) is 7.11. The van der Waals surface area contributed by atoms with E-state index in [4.69, 9.17) is 16.9 Å². The van der Waals surface area contributed by atoms with Crippen molar-refractivity contribution in [2.24, 2.45) is 5.73 Å². The molecule has 4 amide bonds. The normalized spacial score (nSPS) is 15.2. The Hall–Kier alpha value is -3.54. The Bertz CT molecular complexity index is 1050. The largest absolute Gasteiger partial charge is 0.444 e. The molecule has 9 nitrogen and oxygen atoms in total.